The van der Waals surface area contributed by atoms with Gasteiger partial charge in [-0.2, -0.15) is 0 Å². The molecular weight excluding hydrogens is 276 g/mol. The zero-order chi connectivity index (χ0) is 15.1. The Morgan fingerprint density at radius 2 is 1.82 bits per heavy atom. The number of amides is 2. The minimum absolute atomic E-state index is 0.192. The van der Waals surface area contributed by atoms with Crippen LogP contribution in [0.15, 0.2) is 24.3 Å². The summed E-state index contributed by atoms with van der Waals surface area (Å²) < 4.78 is 0. The molecule has 5 heteroatoms. The summed E-state index contributed by atoms with van der Waals surface area (Å²) in [7, 11) is 2.11. The van der Waals surface area contributed by atoms with E-state index < -0.39 is 0 Å². The van der Waals surface area contributed by atoms with Gasteiger partial charge in [0.25, 0.3) is 0 Å². The fourth-order valence-electron chi connectivity index (χ4n) is 3.55. The number of carbonyl (C=O) groups excluding carboxylic acids is 1. The molecule has 2 aromatic rings. The Morgan fingerprint density at radius 1 is 1.05 bits per heavy atom. The Hall–Kier alpha value is -2.01. The number of rotatable bonds is 0. The smallest absolute Gasteiger partial charge is 0.320 e. The van der Waals surface area contributed by atoms with Crippen LogP contribution in [0.5, 0.6) is 0 Å². The lowest BCUT2D eigenvalue weighted by Crippen LogP contribution is -2.52. The van der Waals surface area contributed by atoms with Crippen LogP contribution in [0.1, 0.15) is 11.3 Å². The number of carbonyl (C=O) groups is 1. The molecule has 0 bridgehead atoms. The highest BCUT2D eigenvalue weighted by molar-refractivity contribution is 5.85. The van der Waals surface area contributed by atoms with Crippen molar-refractivity contribution in [2.75, 3.05) is 39.8 Å². The van der Waals surface area contributed by atoms with Gasteiger partial charge in [-0.25, -0.2) is 4.79 Å². The van der Waals surface area contributed by atoms with E-state index >= 15 is 0 Å². The number of para-hydroxylation sites is 1. The lowest BCUT2D eigenvalue weighted by molar-refractivity contribution is 0.118. The third kappa shape index (κ3) is 2.25. The molecule has 0 atom stereocenters. The molecule has 22 heavy (non-hydrogen) atoms. The summed E-state index contributed by atoms with van der Waals surface area (Å²) in [4.78, 5) is 22.5. The number of nitrogens with one attached hydrogen (secondary N) is 1. The number of H-pyrrole nitrogens is 1. The van der Waals surface area contributed by atoms with Crippen molar-refractivity contribution >= 4 is 16.9 Å². The van der Waals surface area contributed by atoms with E-state index in [9.17, 15) is 4.79 Å². The van der Waals surface area contributed by atoms with Crippen molar-refractivity contribution in [2.24, 2.45) is 0 Å². The molecule has 1 N–H and O–H groups in total. The SMILES string of the molecule is CN1CCN(C(=O)N2CCc3c([nH]c4ccccc34)C2)CC1. The van der Waals surface area contributed by atoms with Crippen LogP contribution in [-0.2, 0) is 13.0 Å². The van der Waals surface area contributed by atoms with Gasteiger partial charge in [-0.15, -0.1) is 0 Å². The molecule has 0 unspecified atom stereocenters. The molecule has 2 amide bonds. The molecular formula is C17H22N4O. The molecule has 0 radical (unpaired) electrons. The number of fused-ring (bicyclic) bond motifs is 3. The van der Waals surface area contributed by atoms with Crippen molar-refractivity contribution in [3.8, 4) is 0 Å². The first-order valence-electron chi connectivity index (χ1n) is 8.03. The average molecular weight is 298 g/mol. The van der Waals surface area contributed by atoms with E-state index in [1.54, 1.807) is 0 Å². The largest absolute Gasteiger partial charge is 0.357 e. The maximum Gasteiger partial charge on any atom is 0.320 e. The lowest BCUT2D eigenvalue weighted by Gasteiger charge is -2.37. The topological polar surface area (TPSA) is 42.6 Å². The second-order valence-electron chi connectivity index (χ2n) is 6.37. The van der Waals surface area contributed by atoms with Crippen LogP contribution in [0.4, 0.5) is 4.79 Å². The molecule has 1 saturated heterocycles. The minimum Gasteiger partial charge on any atom is -0.357 e. The van der Waals surface area contributed by atoms with E-state index in [0.717, 1.165) is 39.1 Å². The molecule has 2 aliphatic rings. The van der Waals surface area contributed by atoms with Crippen LogP contribution in [0.3, 0.4) is 0 Å². The van der Waals surface area contributed by atoms with Gasteiger partial charge in [-0.1, -0.05) is 18.2 Å². The van der Waals surface area contributed by atoms with Gasteiger partial charge in [0.15, 0.2) is 0 Å². The summed E-state index contributed by atoms with van der Waals surface area (Å²) in [6, 6.07) is 8.61. The van der Waals surface area contributed by atoms with Gasteiger partial charge in [0, 0.05) is 49.3 Å². The van der Waals surface area contributed by atoms with E-state index in [1.807, 2.05) is 9.80 Å². The van der Waals surface area contributed by atoms with Crippen LogP contribution in [0, 0.1) is 0 Å². The van der Waals surface area contributed by atoms with E-state index in [4.69, 9.17) is 0 Å². The van der Waals surface area contributed by atoms with Crippen LogP contribution in [0.2, 0.25) is 0 Å². The number of aromatic amines is 1. The molecule has 0 spiro atoms. The first-order valence-corrected chi connectivity index (χ1v) is 8.03. The highest BCUT2D eigenvalue weighted by Gasteiger charge is 2.28. The Kier molecular flexibility index (Phi) is 3.30. The standard InChI is InChI=1S/C17H22N4O/c1-19-8-10-20(11-9-19)17(22)21-7-6-14-13-4-2-3-5-15(13)18-16(14)12-21/h2-5,18H,6-12H2,1H3. The number of piperazine rings is 1. The molecule has 2 aliphatic heterocycles. The summed E-state index contributed by atoms with van der Waals surface area (Å²) in [5, 5.41) is 1.31. The molecule has 0 aliphatic carbocycles. The highest BCUT2D eigenvalue weighted by Crippen LogP contribution is 2.27. The monoisotopic (exact) mass is 298 g/mol. The normalized spacial score (nSPS) is 19.5. The van der Waals surface area contributed by atoms with Gasteiger partial charge in [-0.3, -0.25) is 0 Å². The van der Waals surface area contributed by atoms with Gasteiger partial charge in [0.1, 0.15) is 0 Å². The number of hydrogen-bond acceptors (Lipinski definition) is 2. The van der Waals surface area contributed by atoms with Crippen molar-refractivity contribution in [3.63, 3.8) is 0 Å². The van der Waals surface area contributed by atoms with Crippen molar-refractivity contribution in [1.82, 2.24) is 19.7 Å². The molecule has 5 nitrogen and oxygen atoms in total. The number of hydrogen-bond donors (Lipinski definition) is 1. The fourth-order valence-corrected chi connectivity index (χ4v) is 3.55. The van der Waals surface area contributed by atoms with Gasteiger partial charge in [-0.05, 0) is 25.1 Å². The number of benzene rings is 1. The predicted octanol–water partition coefficient (Wildman–Crippen LogP) is 1.89. The van der Waals surface area contributed by atoms with Crippen LogP contribution in [0.25, 0.3) is 10.9 Å². The Bertz CT molecular complexity index is 700. The van der Waals surface area contributed by atoms with Crippen LogP contribution < -0.4 is 0 Å². The molecule has 1 aromatic heterocycles. The molecule has 3 heterocycles. The molecule has 116 valence electrons. The molecule has 0 saturated carbocycles. The first kappa shape index (κ1) is 13.6. The van der Waals surface area contributed by atoms with E-state index in [-0.39, 0.29) is 6.03 Å². The van der Waals surface area contributed by atoms with E-state index in [2.05, 4.69) is 41.2 Å². The summed E-state index contributed by atoms with van der Waals surface area (Å²) in [5.41, 5.74) is 3.77. The summed E-state index contributed by atoms with van der Waals surface area (Å²) >= 11 is 0. The first-order chi connectivity index (χ1) is 10.7. The van der Waals surface area contributed by atoms with Gasteiger partial charge in [0.05, 0.1) is 6.54 Å². The quantitative estimate of drug-likeness (QED) is 0.807. The summed E-state index contributed by atoms with van der Waals surface area (Å²) in [6.07, 6.45) is 0.943. The maximum absolute atomic E-state index is 12.7. The summed E-state index contributed by atoms with van der Waals surface area (Å²) in [5.74, 6) is 0. The third-order valence-corrected chi connectivity index (χ3v) is 4.93. The Balaban J connectivity index is 1.53. The summed E-state index contributed by atoms with van der Waals surface area (Å²) in [6.45, 7) is 5.14. The number of likely N-dealkylation sites (N-methyl/N-ethyl adjacent to an activating group) is 1. The zero-order valence-electron chi connectivity index (χ0n) is 13.0. The van der Waals surface area contributed by atoms with Crippen molar-refractivity contribution in [3.05, 3.63) is 35.5 Å². The predicted molar refractivity (Wildman–Crippen MR) is 86.9 cm³/mol. The minimum atomic E-state index is 0.192. The Morgan fingerprint density at radius 3 is 2.64 bits per heavy atom. The van der Waals surface area contributed by atoms with Crippen LogP contribution in [-0.4, -0.2) is 65.5 Å². The second-order valence-corrected chi connectivity index (χ2v) is 6.37. The van der Waals surface area contributed by atoms with Crippen molar-refractivity contribution in [1.29, 1.82) is 0 Å². The van der Waals surface area contributed by atoms with Crippen molar-refractivity contribution < 1.29 is 4.79 Å². The number of urea groups is 1. The number of aromatic nitrogens is 1. The van der Waals surface area contributed by atoms with Crippen molar-refractivity contribution in [2.45, 2.75) is 13.0 Å². The fraction of sp³-hybridized carbons (Fsp3) is 0.471. The van der Waals surface area contributed by atoms with Gasteiger partial charge < -0.3 is 19.7 Å². The van der Waals surface area contributed by atoms with Gasteiger partial charge >= 0.3 is 6.03 Å². The molecule has 4 rings (SSSR count). The van der Waals surface area contributed by atoms with Crippen LogP contribution >= 0.6 is 0 Å². The lowest BCUT2D eigenvalue weighted by atomic mass is 10.0. The average Bonchev–Trinajstić information content (AvgIpc) is 2.92. The van der Waals surface area contributed by atoms with Gasteiger partial charge in [0.2, 0.25) is 0 Å². The van der Waals surface area contributed by atoms with E-state index in [1.165, 1.54) is 22.2 Å². The maximum atomic E-state index is 12.7. The number of nitrogens with zero attached hydrogens (tertiary/aromatic N) is 3. The molecule has 1 aromatic carbocycles. The molecule has 1 fully saturated rings. The third-order valence-electron chi connectivity index (χ3n) is 4.93. The Labute approximate surface area is 130 Å². The van der Waals surface area contributed by atoms with E-state index in [0.29, 0.717) is 6.54 Å². The zero-order valence-corrected chi connectivity index (χ0v) is 13.0. The second kappa shape index (κ2) is 5.32. The highest BCUT2D eigenvalue weighted by atomic mass is 16.2.